The van der Waals surface area contributed by atoms with Crippen LogP contribution in [0, 0.1) is 5.92 Å². The number of carbonyl (C=O) groups excluding carboxylic acids is 1. The zero-order valence-corrected chi connectivity index (χ0v) is 12.0. The van der Waals surface area contributed by atoms with Crippen LogP contribution < -0.4 is 10.6 Å². The minimum atomic E-state index is -0.576. The Morgan fingerprint density at radius 3 is 2.52 bits per heavy atom. The van der Waals surface area contributed by atoms with Gasteiger partial charge in [-0.15, -0.1) is 0 Å². The molecule has 1 aromatic carbocycles. The summed E-state index contributed by atoms with van der Waals surface area (Å²) in [4.78, 5) is 13.7. The second kappa shape index (κ2) is 5.55. The molecule has 0 radical (unpaired) electrons. The van der Waals surface area contributed by atoms with Crippen LogP contribution >= 0.6 is 0 Å². The summed E-state index contributed by atoms with van der Waals surface area (Å²) in [7, 11) is 0. The van der Waals surface area contributed by atoms with E-state index in [1.54, 1.807) is 0 Å². The maximum atomic E-state index is 11.3. The van der Waals surface area contributed by atoms with Crippen molar-refractivity contribution in [2.75, 3.05) is 18.0 Å². The molecule has 110 valence electrons. The van der Waals surface area contributed by atoms with Crippen LogP contribution in [0.25, 0.3) is 11.3 Å². The number of anilines is 1. The van der Waals surface area contributed by atoms with E-state index in [1.165, 1.54) is 18.5 Å². The van der Waals surface area contributed by atoms with Gasteiger partial charge in [0.1, 0.15) is 5.69 Å². The van der Waals surface area contributed by atoms with Gasteiger partial charge in [-0.05, 0) is 30.9 Å². The molecule has 2 aromatic rings. The molecule has 1 fully saturated rings. The first-order valence-electron chi connectivity index (χ1n) is 7.21. The largest absolute Gasteiger partial charge is 0.372 e. The molecule has 21 heavy (non-hydrogen) atoms. The minimum Gasteiger partial charge on any atom is -0.372 e. The Morgan fingerprint density at radius 1 is 1.24 bits per heavy atom. The number of carbonyl (C=O) groups is 1. The standard InChI is InChI=1S/C15H19N5O/c1-10-6-8-20(9-7-10)12-4-2-11(3-5-12)13-14(15(16)21)18-19-17-13/h2-5,10H,6-9H2,1H3,(H2,16,21)(H,17,18,19). The van der Waals surface area contributed by atoms with E-state index in [9.17, 15) is 4.79 Å². The van der Waals surface area contributed by atoms with Crippen LogP contribution in [0.15, 0.2) is 24.3 Å². The number of aromatic nitrogens is 3. The van der Waals surface area contributed by atoms with Crippen LogP contribution in [0.5, 0.6) is 0 Å². The maximum absolute atomic E-state index is 11.3. The van der Waals surface area contributed by atoms with Crippen molar-refractivity contribution >= 4 is 11.6 Å². The number of amides is 1. The second-order valence-electron chi connectivity index (χ2n) is 5.60. The molecule has 1 aliphatic rings. The van der Waals surface area contributed by atoms with Crippen molar-refractivity contribution in [2.45, 2.75) is 19.8 Å². The van der Waals surface area contributed by atoms with Crippen molar-refractivity contribution in [3.63, 3.8) is 0 Å². The lowest BCUT2D eigenvalue weighted by Crippen LogP contribution is -2.32. The average molecular weight is 285 g/mol. The van der Waals surface area contributed by atoms with Crippen LogP contribution in [0.2, 0.25) is 0 Å². The van der Waals surface area contributed by atoms with Gasteiger partial charge in [-0.25, -0.2) is 0 Å². The van der Waals surface area contributed by atoms with Gasteiger partial charge < -0.3 is 10.6 Å². The molecule has 0 unspecified atom stereocenters. The number of nitrogens with one attached hydrogen (secondary N) is 1. The Labute approximate surface area is 123 Å². The van der Waals surface area contributed by atoms with Crippen LogP contribution in [-0.4, -0.2) is 34.4 Å². The second-order valence-corrected chi connectivity index (χ2v) is 5.60. The number of piperidine rings is 1. The SMILES string of the molecule is CC1CCN(c2ccc(-c3n[nH]nc3C(N)=O)cc2)CC1. The highest BCUT2D eigenvalue weighted by atomic mass is 16.1. The fraction of sp³-hybridized carbons (Fsp3) is 0.400. The molecule has 0 bridgehead atoms. The number of hydrogen-bond acceptors (Lipinski definition) is 4. The van der Waals surface area contributed by atoms with Gasteiger partial charge in [0.05, 0.1) is 0 Å². The average Bonchev–Trinajstić information content (AvgIpc) is 2.98. The summed E-state index contributed by atoms with van der Waals surface area (Å²) >= 11 is 0. The fourth-order valence-corrected chi connectivity index (χ4v) is 2.70. The van der Waals surface area contributed by atoms with Gasteiger partial charge in [-0.3, -0.25) is 4.79 Å². The molecule has 2 heterocycles. The third-order valence-electron chi connectivity index (χ3n) is 4.07. The number of aromatic amines is 1. The third kappa shape index (κ3) is 2.74. The van der Waals surface area contributed by atoms with Gasteiger partial charge in [-0.2, -0.15) is 15.4 Å². The Kier molecular flexibility index (Phi) is 3.60. The Bertz CT molecular complexity index is 626. The lowest BCUT2D eigenvalue weighted by Gasteiger charge is -2.32. The number of benzene rings is 1. The molecule has 1 aliphatic heterocycles. The zero-order valence-electron chi connectivity index (χ0n) is 12.0. The normalized spacial score (nSPS) is 16.1. The molecule has 0 saturated carbocycles. The van der Waals surface area contributed by atoms with Crippen molar-refractivity contribution in [1.29, 1.82) is 0 Å². The van der Waals surface area contributed by atoms with Gasteiger partial charge in [0.15, 0.2) is 5.69 Å². The molecule has 1 amide bonds. The summed E-state index contributed by atoms with van der Waals surface area (Å²) < 4.78 is 0. The molecule has 3 N–H and O–H groups in total. The molecule has 1 aromatic heterocycles. The molecule has 6 nitrogen and oxygen atoms in total. The zero-order chi connectivity index (χ0) is 14.8. The number of hydrogen-bond donors (Lipinski definition) is 2. The van der Waals surface area contributed by atoms with Crippen LogP contribution in [0.4, 0.5) is 5.69 Å². The topological polar surface area (TPSA) is 87.9 Å². The molecule has 1 saturated heterocycles. The Morgan fingerprint density at radius 2 is 1.90 bits per heavy atom. The predicted molar refractivity (Wildman–Crippen MR) is 80.9 cm³/mol. The highest BCUT2D eigenvalue weighted by Crippen LogP contribution is 2.26. The number of nitrogens with zero attached hydrogens (tertiary/aromatic N) is 3. The van der Waals surface area contributed by atoms with Gasteiger partial charge in [0.25, 0.3) is 5.91 Å². The number of rotatable bonds is 3. The van der Waals surface area contributed by atoms with Gasteiger partial charge in [0.2, 0.25) is 0 Å². The van der Waals surface area contributed by atoms with E-state index in [4.69, 9.17) is 5.73 Å². The Balaban J connectivity index is 1.81. The van der Waals surface area contributed by atoms with E-state index in [-0.39, 0.29) is 5.69 Å². The third-order valence-corrected chi connectivity index (χ3v) is 4.07. The number of primary amides is 1. The molecule has 0 aliphatic carbocycles. The molecular formula is C15H19N5O. The van der Waals surface area contributed by atoms with Crippen molar-refractivity contribution < 1.29 is 4.79 Å². The smallest absolute Gasteiger partial charge is 0.271 e. The summed E-state index contributed by atoms with van der Waals surface area (Å²) in [6, 6.07) is 8.03. The first kappa shape index (κ1) is 13.6. The summed E-state index contributed by atoms with van der Waals surface area (Å²) in [5.74, 6) is 0.238. The lowest BCUT2D eigenvalue weighted by atomic mass is 9.98. The van der Waals surface area contributed by atoms with E-state index in [0.717, 1.165) is 24.6 Å². The van der Waals surface area contributed by atoms with E-state index in [2.05, 4.69) is 39.4 Å². The van der Waals surface area contributed by atoms with Crippen LogP contribution in [0.3, 0.4) is 0 Å². The van der Waals surface area contributed by atoms with E-state index < -0.39 is 5.91 Å². The summed E-state index contributed by atoms with van der Waals surface area (Å²) in [6.07, 6.45) is 2.47. The molecular weight excluding hydrogens is 266 g/mol. The predicted octanol–water partition coefficient (Wildman–Crippen LogP) is 1.81. The highest BCUT2D eigenvalue weighted by Gasteiger charge is 2.18. The molecule has 0 spiro atoms. The molecule has 6 heteroatoms. The van der Waals surface area contributed by atoms with Gasteiger partial charge >= 0.3 is 0 Å². The highest BCUT2D eigenvalue weighted by molar-refractivity contribution is 5.96. The monoisotopic (exact) mass is 285 g/mol. The van der Waals surface area contributed by atoms with E-state index in [1.807, 2.05) is 12.1 Å². The van der Waals surface area contributed by atoms with Crippen molar-refractivity contribution in [1.82, 2.24) is 15.4 Å². The maximum Gasteiger partial charge on any atom is 0.271 e. The molecule has 0 atom stereocenters. The lowest BCUT2D eigenvalue weighted by molar-refractivity contribution is 0.0996. The number of nitrogens with two attached hydrogens (primary N) is 1. The summed E-state index contributed by atoms with van der Waals surface area (Å²) in [5, 5.41) is 10.3. The van der Waals surface area contributed by atoms with Crippen molar-refractivity contribution in [3.8, 4) is 11.3 Å². The van der Waals surface area contributed by atoms with Crippen molar-refractivity contribution in [2.24, 2.45) is 11.7 Å². The number of H-pyrrole nitrogens is 1. The van der Waals surface area contributed by atoms with Crippen LogP contribution in [-0.2, 0) is 0 Å². The first-order valence-corrected chi connectivity index (χ1v) is 7.21. The van der Waals surface area contributed by atoms with E-state index in [0.29, 0.717) is 5.69 Å². The molecule has 3 rings (SSSR count). The quantitative estimate of drug-likeness (QED) is 0.900. The minimum absolute atomic E-state index is 0.176. The summed E-state index contributed by atoms with van der Waals surface area (Å²) in [6.45, 7) is 4.49. The summed E-state index contributed by atoms with van der Waals surface area (Å²) in [5.41, 5.74) is 8.01. The van der Waals surface area contributed by atoms with E-state index >= 15 is 0 Å². The van der Waals surface area contributed by atoms with Crippen molar-refractivity contribution in [3.05, 3.63) is 30.0 Å². The van der Waals surface area contributed by atoms with Crippen LogP contribution in [0.1, 0.15) is 30.3 Å². The first-order chi connectivity index (χ1) is 10.1. The Hall–Kier alpha value is -2.37. The van der Waals surface area contributed by atoms with Gasteiger partial charge in [0, 0.05) is 24.3 Å². The van der Waals surface area contributed by atoms with Gasteiger partial charge in [-0.1, -0.05) is 19.1 Å². The fourth-order valence-electron chi connectivity index (χ4n) is 2.70.